The summed E-state index contributed by atoms with van der Waals surface area (Å²) in [5.41, 5.74) is 1.88. The third kappa shape index (κ3) is 4.71. The van der Waals surface area contributed by atoms with Gasteiger partial charge in [0.2, 0.25) is 0 Å². The standard InChI is InChI=1S/C20H19N3O5S2/c1-3-29(25,26)20-13-12-19(21-22-20)16-4-8-17(9-5-16)23-30(27,28)18-10-6-15(7-11-18)14(2)24/h4-13,23H,3H2,1-2H3. The number of aromatic nitrogens is 2. The smallest absolute Gasteiger partial charge is 0.261 e. The van der Waals surface area contributed by atoms with Crippen molar-refractivity contribution >= 4 is 31.3 Å². The lowest BCUT2D eigenvalue weighted by Gasteiger charge is -2.09. The molecule has 3 rings (SSSR count). The van der Waals surface area contributed by atoms with Crippen LogP contribution in [-0.4, -0.2) is 38.6 Å². The zero-order chi connectivity index (χ0) is 21.9. The fourth-order valence-corrected chi connectivity index (χ4v) is 4.37. The molecule has 0 unspecified atom stereocenters. The first-order valence-corrected chi connectivity index (χ1v) is 12.1. The number of hydrogen-bond donors (Lipinski definition) is 1. The lowest BCUT2D eigenvalue weighted by atomic mass is 10.1. The fourth-order valence-electron chi connectivity index (χ4n) is 2.58. The summed E-state index contributed by atoms with van der Waals surface area (Å²) in [5.74, 6) is -0.209. The quantitative estimate of drug-likeness (QED) is 0.555. The zero-order valence-corrected chi connectivity index (χ0v) is 17.9. The number of ketones is 1. The van der Waals surface area contributed by atoms with Crippen LogP contribution in [0, 0.1) is 0 Å². The van der Waals surface area contributed by atoms with Gasteiger partial charge in [0.1, 0.15) is 0 Å². The highest BCUT2D eigenvalue weighted by atomic mass is 32.2. The Kier molecular flexibility index (Phi) is 5.99. The molecule has 8 nitrogen and oxygen atoms in total. The van der Waals surface area contributed by atoms with Gasteiger partial charge in [0.15, 0.2) is 20.6 Å². The van der Waals surface area contributed by atoms with Crippen LogP contribution in [0.1, 0.15) is 24.2 Å². The summed E-state index contributed by atoms with van der Waals surface area (Å²) in [6.07, 6.45) is 0. The number of sulfonamides is 1. The number of nitrogens with zero attached hydrogens (tertiary/aromatic N) is 2. The number of rotatable bonds is 7. The van der Waals surface area contributed by atoms with Crippen LogP contribution in [0.5, 0.6) is 0 Å². The summed E-state index contributed by atoms with van der Waals surface area (Å²) in [6.45, 7) is 2.94. The Morgan fingerprint density at radius 2 is 1.50 bits per heavy atom. The van der Waals surface area contributed by atoms with Gasteiger partial charge in [0, 0.05) is 16.8 Å². The van der Waals surface area contributed by atoms with Gasteiger partial charge in [-0.2, -0.15) is 0 Å². The van der Waals surface area contributed by atoms with Crippen LogP contribution in [0.4, 0.5) is 5.69 Å². The second-order valence-corrected chi connectivity index (χ2v) is 10.3. The van der Waals surface area contributed by atoms with E-state index in [2.05, 4.69) is 14.9 Å². The number of Topliss-reactive ketones (excluding diaryl/α,β-unsaturated/α-hetero) is 1. The van der Waals surface area contributed by atoms with Crippen molar-refractivity contribution < 1.29 is 21.6 Å². The molecule has 0 saturated carbocycles. The van der Waals surface area contributed by atoms with Gasteiger partial charge in [-0.1, -0.05) is 31.2 Å². The van der Waals surface area contributed by atoms with Gasteiger partial charge in [-0.25, -0.2) is 16.8 Å². The average Bonchev–Trinajstić information content (AvgIpc) is 2.74. The van der Waals surface area contributed by atoms with Crippen molar-refractivity contribution in [2.75, 3.05) is 10.5 Å². The van der Waals surface area contributed by atoms with Crippen molar-refractivity contribution in [1.29, 1.82) is 0 Å². The Balaban J connectivity index is 1.78. The van der Waals surface area contributed by atoms with Gasteiger partial charge in [-0.05, 0) is 43.3 Å². The molecule has 0 bridgehead atoms. The van der Waals surface area contributed by atoms with Crippen molar-refractivity contribution in [3.05, 3.63) is 66.2 Å². The van der Waals surface area contributed by atoms with Crippen molar-refractivity contribution in [2.24, 2.45) is 0 Å². The summed E-state index contributed by atoms with van der Waals surface area (Å²) in [6, 6.07) is 15.0. The van der Waals surface area contributed by atoms with E-state index < -0.39 is 19.9 Å². The monoisotopic (exact) mass is 445 g/mol. The Labute approximate surface area is 175 Å². The molecule has 0 atom stereocenters. The molecule has 0 radical (unpaired) electrons. The number of sulfone groups is 1. The Morgan fingerprint density at radius 3 is 2.00 bits per heavy atom. The largest absolute Gasteiger partial charge is 0.295 e. The van der Waals surface area contributed by atoms with Crippen LogP contribution < -0.4 is 4.72 Å². The number of nitrogens with one attached hydrogen (secondary N) is 1. The van der Waals surface area contributed by atoms with E-state index in [-0.39, 0.29) is 21.5 Å². The third-order valence-electron chi connectivity index (χ3n) is 4.34. The van der Waals surface area contributed by atoms with Crippen LogP contribution in [0.3, 0.4) is 0 Å². The van der Waals surface area contributed by atoms with Gasteiger partial charge >= 0.3 is 0 Å². The van der Waals surface area contributed by atoms with Crippen molar-refractivity contribution in [1.82, 2.24) is 10.2 Å². The molecule has 2 aromatic carbocycles. The second kappa shape index (κ2) is 8.33. The van der Waals surface area contributed by atoms with E-state index in [4.69, 9.17) is 0 Å². The Morgan fingerprint density at radius 1 is 0.867 bits per heavy atom. The molecule has 10 heteroatoms. The van der Waals surface area contributed by atoms with E-state index in [1.54, 1.807) is 30.3 Å². The molecule has 1 heterocycles. The van der Waals surface area contributed by atoms with Crippen LogP contribution >= 0.6 is 0 Å². The van der Waals surface area contributed by atoms with E-state index in [0.717, 1.165) is 0 Å². The van der Waals surface area contributed by atoms with E-state index >= 15 is 0 Å². The lowest BCUT2D eigenvalue weighted by Crippen LogP contribution is -2.13. The minimum Gasteiger partial charge on any atom is -0.295 e. The molecule has 0 amide bonds. The topological polar surface area (TPSA) is 123 Å². The second-order valence-electron chi connectivity index (χ2n) is 6.42. The number of anilines is 1. The highest BCUT2D eigenvalue weighted by Crippen LogP contribution is 2.22. The third-order valence-corrected chi connectivity index (χ3v) is 7.36. The van der Waals surface area contributed by atoms with Crippen LogP contribution in [0.25, 0.3) is 11.3 Å². The zero-order valence-electron chi connectivity index (χ0n) is 16.2. The first-order valence-electron chi connectivity index (χ1n) is 8.93. The minimum absolute atomic E-state index is 0.0372. The molecule has 1 N–H and O–H groups in total. The summed E-state index contributed by atoms with van der Waals surface area (Å²) >= 11 is 0. The van der Waals surface area contributed by atoms with E-state index in [1.165, 1.54) is 44.2 Å². The van der Waals surface area contributed by atoms with Crippen LogP contribution in [0.15, 0.2) is 70.6 Å². The number of hydrogen-bond acceptors (Lipinski definition) is 7. The molecule has 0 spiro atoms. The molecular weight excluding hydrogens is 426 g/mol. The predicted octanol–water partition coefficient (Wildman–Crippen LogP) is 2.94. The molecule has 1 aromatic heterocycles. The molecule has 3 aromatic rings. The summed E-state index contributed by atoms with van der Waals surface area (Å²) in [7, 11) is -7.24. The minimum atomic E-state index is -3.81. The maximum atomic E-state index is 12.5. The van der Waals surface area contributed by atoms with Crippen LogP contribution in [-0.2, 0) is 19.9 Å². The normalized spacial score (nSPS) is 11.8. The maximum absolute atomic E-state index is 12.5. The van der Waals surface area contributed by atoms with Gasteiger partial charge < -0.3 is 0 Å². The van der Waals surface area contributed by atoms with Gasteiger partial charge in [0.25, 0.3) is 10.0 Å². The van der Waals surface area contributed by atoms with Gasteiger partial charge in [0.05, 0.1) is 16.3 Å². The molecule has 0 fully saturated rings. The van der Waals surface area contributed by atoms with Gasteiger partial charge in [-0.3, -0.25) is 9.52 Å². The highest BCUT2D eigenvalue weighted by molar-refractivity contribution is 7.92. The predicted molar refractivity (Wildman–Crippen MR) is 112 cm³/mol. The van der Waals surface area contributed by atoms with E-state index in [9.17, 15) is 21.6 Å². The molecule has 0 aliphatic heterocycles. The fraction of sp³-hybridized carbons (Fsp3) is 0.150. The van der Waals surface area contributed by atoms with Gasteiger partial charge in [-0.15, -0.1) is 10.2 Å². The highest BCUT2D eigenvalue weighted by Gasteiger charge is 2.16. The van der Waals surface area contributed by atoms with Crippen molar-refractivity contribution in [3.8, 4) is 11.3 Å². The summed E-state index contributed by atoms with van der Waals surface area (Å²) in [5, 5.41) is 7.62. The molecule has 156 valence electrons. The Bertz CT molecular complexity index is 1270. The number of benzene rings is 2. The molecule has 0 aliphatic rings. The summed E-state index contributed by atoms with van der Waals surface area (Å²) in [4.78, 5) is 11.4. The Hall–Kier alpha value is -3.11. The van der Waals surface area contributed by atoms with E-state index in [1.807, 2.05) is 0 Å². The first kappa shape index (κ1) is 21.6. The molecule has 0 saturated heterocycles. The number of carbonyl (C=O) groups is 1. The summed E-state index contributed by atoms with van der Waals surface area (Å²) < 4.78 is 51.1. The van der Waals surface area contributed by atoms with Crippen molar-refractivity contribution in [3.63, 3.8) is 0 Å². The molecule has 30 heavy (non-hydrogen) atoms. The average molecular weight is 446 g/mol. The first-order chi connectivity index (χ1) is 14.1. The SMILES string of the molecule is CCS(=O)(=O)c1ccc(-c2ccc(NS(=O)(=O)c3ccc(C(C)=O)cc3)cc2)nn1. The van der Waals surface area contributed by atoms with Crippen LogP contribution in [0.2, 0.25) is 0 Å². The van der Waals surface area contributed by atoms with E-state index in [0.29, 0.717) is 22.5 Å². The maximum Gasteiger partial charge on any atom is 0.261 e. The van der Waals surface area contributed by atoms with Crippen molar-refractivity contribution in [2.45, 2.75) is 23.8 Å². The molecular formula is C20H19N3O5S2. The lowest BCUT2D eigenvalue weighted by molar-refractivity contribution is 0.101. The number of carbonyl (C=O) groups excluding carboxylic acids is 1. The molecule has 0 aliphatic carbocycles.